The first-order chi connectivity index (χ1) is 22.2. The van der Waals surface area contributed by atoms with E-state index < -0.39 is 40.0 Å². The second-order valence-corrected chi connectivity index (χ2v) is 15.2. The number of carbonyl (C=O) groups is 1. The molecule has 0 saturated carbocycles. The predicted molar refractivity (Wildman–Crippen MR) is 195 cm³/mol. The minimum Gasteiger partial charge on any atom is -0.391 e. The Bertz CT molecular complexity index is 803. The van der Waals surface area contributed by atoms with Crippen molar-refractivity contribution >= 4 is 16.0 Å². The molecule has 274 valence electrons. The summed E-state index contributed by atoms with van der Waals surface area (Å²) >= 11 is 0. The number of nitrogens with one attached hydrogen (secondary N) is 1. The molecule has 46 heavy (non-hydrogen) atoms. The van der Waals surface area contributed by atoms with E-state index in [0.29, 0.717) is 25.7 Å². The third-order valence-electron chi connectivity index (χ3n) is 9.08. The van der Waals surface area contributed by atoms with Gasteiger partial charge in [0, 0.05) is 0 Å². The van der Waals surface area contributed by atoms with Crippen LogP contribution in [0.1, 0.15) is 200 Å². The third kappa shape index (κ3) is 31.6. The molecule has 0 heterocycles. The molecule has 8 heteroatoms. The van der Waals surface area contributed by atoms with Crippen LogP contribution >= 0.6 is 0 Å². The quantitative estimate of drug-likeness (QED) is 0.0302. The summed E-state index contributed by atoms with van der Waals surface area (Å²) in [4.78, 5) is 12.5. The van der Waals surface area contributed by atoms with Crippen molar-refractivity contribution in [2.24, 2.45) is 0 Å². The van der Waals surface area contributed by atoms with E-state index >= 15 is 0 Å². The molecule has 0 aromatic carbocycles. The SMILES string of the molecule is CCCCCCCCCCCCC/C=C\CCCCCCCCC(O)C(=O)NC(CS(=O)(=O)O)C(O)CCCCCCCCCC. The molecule has 4 N–H and O–H groups in total. The summed E-state index contributed by atoms with van der Waals surface area (Å²) < 4.78 is 32.3. The molecule has 1 amide bonds. The van der Waals surface area contributed by atoms with Crippen molar-refractivity contribution in [1.82, 2.24) is 5.32 Å². The molecule has 0 aliphatic rings. The van der Waals surface area contributed by atoms with Gasteiger partial charge in [-0.25, -0.2) is 0 Å². The van der Waals surface area contributed by atoms with E-state index in [0.717, 1.165) is 44.9 Å². The van der Waals surface area contributed by atoms with Crippen LogP contribution < -0.4 is 5.32 Å². The normalized spacial score (nSPS) is 14.1. The largest absolute Gasteiger partial charge is 0.391 e. The smallest absolute Gasteiger partial charge is 0.266 e. The molecule has 0 aliphatic carbocycles. The van der Waals surface area contributed by atoms with Crippen molar-refractivity contribution in [2.45, 2.75) is 218 Å². The molecule has 0 spiro atoms. The van der Waals surface area contributed by atoms with Crippen LogP contribution in [0, 0.1) is 0 Å². The zero-order valence-electron chi connectivity index (χ0n) is 30.1. The summed E-state index contributed by atoms with van der Waals surface area (Å²) in [6.07, 6.45) is 35.4. The van der Waals surface area contributed by atoms with Crippen LogP contribution in [0.25, 0.3) is 0 Å². The van der Waals surface area contributed by atoms with Crippen LogP contribution in [0.5, 0.6) is 0 Å². The highest BCUT2D eigenvalue weighted by atomic mass is 32.2. The average molecular weight is 674 g/mol. The van der Waals surface area contributed by atoms with Crippen LogP contribution in [0.2, 0.25) is 0 Å². The summed E-state index contributed by atoms with van der Waals surface area (Å²) in [7, 11) is -4.40. The highest BCUT2D eigenvalue weighted by Crippen LogP contribution is 2.15. The van der Waals surface area contributed by atoms with Gasteiger partial charge in [-0.05, 0) is 38.5 Å². The van der Waals surface area contributed by atoms with E-state index in [9.17, 15) is 28.0 Å². The molecule has 0 aromatic rings. The molecule has 0 saturated heterocycles. The first-order valence-corrected chi connectivity index (χ1v) is 21.1. The third-order valence-corrected chi connectivity index (χ3v) is 9.86. The zero-order valence-corrected chi connectivity index (χ0v) is 30.9. The van der Waals surface area contributed by atoms with Gasteiger partial charge in [-0.1, -0.05) is 174 Å². The standard InChI is InChI=1S/C38H75NO6S/c1-3-5-7-9-11-13-14-15-16-17-18-19-20-21-22-23-24-25-27-29-31-33-37(41)38(42)39-35(34-46(43,44)45)36(40)32-30-28-26-12-10-8-6-4-2/h20-21,35-37,40-41H,3-19,22-34H2,1-2H3,(H,39,42)(H,43,44,45)/b21-20-. The van der Waals surface area contributed by atoms with Crippen molar-refractivity contribution in [3.8, 4) is 0 Å². The highest BCUT2D eigenvalue weighted by Gasteiger charge is 2.28. The van der Waals surface area contributed by atoms with E-state index in [1.807, 2.05) is 0 Å². The summed E-state index contributed by atoms with van der Waals surface area (Å²) in [6.45, 7) is 4.46. The molecular weight excluding hydrogens is 598 g/mol. The fourth-order valence-electron chi connectivity index (χ4n) is 6.04. The van der Waals surface area contributed by atoms with Crippen LogP contribution in [-0.4, -0.2) is 53.1 Å². The van der Waals surface area contributed by atoms with Crippen molar-refractivity contribution in [2.75, 3.05) is 5.75 Å². The highest BCUT2D eigenvalue weighted by molar-refractivity contribution is 7.85. The minimum atomic E-state index is -4.40. The van der Waals surface area contributed by atoms with Crippen LogP contribution in [0.4, 0.5) is 0 Å². The Kier molecular flexibility index (Phi) is 31.9. The predicted octanol–water partition coefficient (Wildman–Crippen LogP) is 9.99. The maximum absolute atomic E-state index is 12.5. The lowest BCUT2D eigenvalue weighted by Gasteiger charge is -2.24. The second kappa shape index (κ2) is 32.6. The molecule has 3 unspecified atom stereocenters. The monoisotopic (exact) mass is 674 g/mol. The Hall–Kier alpha value is -0.960. The second-order valence-electron chi connectivity index (χ2n) is 13.7. The Morgan fingerprint density at radius 2 is 0.913 bits per heavy atom. The Morgan fingerprint density at radius 3 is 1.30 bits per heavy atom. The first-order valence-electron chi connectivity index (χ1n) is 19.5. The number of carbonyl (C=O) groups excluding carboxylic acids is 1. The van der Waals surface area contributed by atoms with Gasteiger partial charge in [-0.15, -0.1) is 0 Å². The van der Waals surface area contributed by atoms with Gasteiger partial charge in [0.2, 0.25) is 5.91 Å². The number of allylic oxidation sites excluding steroid dienone is 2. The molecule has 0 rings (SSSR count). The molecule has 0 radical (unpaired) electrons. The van der Waals surface area contributed by atoms with Gasteiger partial charge in [0.15, 0.2) is 0 Å². The summed E-state index contributed by atoms with van der Waals surface area (Å²) in [5.41, 5.74) is 0. The van der Waals surface area contributed by atoms with Gasteiger partial charge < -0.3 is 15.5 Å². The maximum atomic E-state index is 12.5. The number of rotatable bonds is 35. The van der Waals surface area contributed by atoms with Crippen molar-refractivity contribution in [3.63, 3.8) is 0 Å². The van der Waals surface area contributed by atoms with E-state index in [-0.39, 0.29) is 0 Å². The molecule has 0 fully saturated rings. The average Bonchev–Trinajstić information content (AvgIpc) is 3.01. The molecular formula is C38H75NO6S. The van der Waals surface area contributed by atoms with E-state index in [4.69, 9.17) is 0 Å². The summed E-state index contributed by atoms with van der Waals surface area (Å²) in [6, 6.07) is -1.14. The Labute approximate surface area is 284 Å². The topological polar surface area (TPSA) is 124 Å². The Morgan fingerprint density at radius 1 is 0.565 bits per heavy atom. The molecule has 3 atom stereocenters. The van der Waals surface area contributed by atoms with Crippen LogP contribution in [0.15, 0.2) is 12.2 Å². The zero-order chi connectivity index (χ0) is 34.1. The van der Waals surface area contributed by atoms with E-state index in [1.165, 1.54) is 116 Å². The lowest BCUT2D eigenvalue weighted by molar-refractivity contribution is -0.131. The van der Waals surface area contributed by atoms with Crippen molar-refractivity contribution in [1.29, 1.82) is 0 Å². The van der Waals surface area contributed by atoms with Crippen molar-refractivity contribution < 1.29 is 28.0 Å². The van der Waals surface area contributed by atoms with Gasteiger partial charge in [0.25, 0.3) is 10.1 Å². The van der Waals surface area contributed by atoms with E-state index in [2.05, 4.69) is 31.3 Å². The Balaban J connectivity index is 3.89. The molecule has 0 bridgehead atoms. The van der Waals surface area contributed by atoms with Crippen LogP contribution in [-0.2, 0) is 14.9 Å². The number of aliphatic hydroxyl groups excluding tert-OH is 2. The molecule has 7 nitrogen and oxygen atoms in total. The van der Waals surface area contributed by atoms with Crippen molar-refractivity contribution in [3.05, 3.63) is 12.2 Å². The van der Waals surface area contributed by atoms with Gasteiger partial charge in [0.1, 0.15) is 6.10 Å². The summed E-state index contributed by atoms with van der Waals surface area (Å²) in [5.74, 6) is -1.46. The number of hydrogen-bond donors (Lipinski definition) is 4. The summed E-state index contributed by atoms with van der Waals surface area (Å²) in [5, 5.41) is 23.4. The fraction of sp³-hybridized carbons (Fsp3) is 0.921. The van der Waals surface area contributed by atoms with Gasteiger partial charge in [-0.2, -0.15) is 8.42 Å². The minimum absolute atomic E-state index is 0.292. The fourth-order valence-corrected chi connectivity index (χ4v) is 6.80. The molecule has 0 aliphatic heterocycles. The van der Waals surface area contributed by atoms with E-state index in [1.54, 1.807) is 0 Å². The lowest BCUT2D eigenvalue weighted by Crippen LogP contribution is -2.50. The van der Waals surface area contributed by atoms with Gasteiger partial charge in [-0.3, -0.25) is 9.35 Å². The maximum Gasteiger partial charge on any atom is 0.266 e. The number of aliphatic hydroxyl groups is 2. The molecule has 0 aromatic heterocycles. The number of amides is 1. The lowest BCUT2D eigenvalue weighted by atomic mass is 10.0. The number of hydrogen-bond acceptors (Lipinski definition) is 5. The first kappa shape index (κ1) is 45.0. The van der Waals surface area contributed by atoms with Gasteiger partial charge in [0.05, 0.1) is 17.9 Å². The van der Waals surface area contributed by atoms with Gasteiger partial charge >= 0.3 is 0 Å². The number of unbranched alkanes of at least 4 members (excludes halogenated alkanes) is 24. The van der Waals surface area contributed by atoms with Crippen LogP contribution in [0.3, 0.4) is 0 Å².